The van der Waals surface area contributed by atoms with Crippen LogP contribution in [0.1, 0.15) is 30.6 Å². The van der Waals surface area contributed by atoms with E-state index in [1.807, 2.05) is 13.0 Å². The van der Waals surface area contributed by atoms with Crippen molar-refractivity contribution in [2.45, 2.75) is 19.4 Å². The first-order valence-electron chi connectivity index (χ1n) is 5.65. The van der Waals surface area contributed by atoms with Crippen LogP contribution < -0.4 is 5.73 Å². The van der Waals surface area contributed by atoms with Gasteiger partial charge in [-0.3, -0.25) is 0 Å². The molecule has 0 saturated carbocycles. The third kappa shape index (κ3) is 1.98. The van der Waals surface area contributed by atoms with Gasteiger partial charge in [-0.15, -0.1) is 0 Å². The van der Waals surface area contributed by atoms with Crippen LogP contribution in [0.2, 0.25) is 0 Å². The van der Waals surface area contributed by atoms with Gasteiger partial charge >= 0.3 is 0 Å². The molecule has 0 fully saturated rings. The van der Waals surface area contributed by atoms with Crippen LogP contribution in [0, 0.1) is 17.1 Å². The van der Waals surface area contributed by atoms with Crippen molar-refractivity contribution in [3.63, 3.8) is 0 Å². The van der Waals surface area contributed by atoms with Gasteiger partial charge < -0.3 is 10.3 Å². The highest BCUT2D eigenvalue weighted by Gasteiger charge is 2.15. The van der Waals surface area contributed by atoms with Crippen LogP contribution in [0.15, 0.2) is 30.7 Å². The number of nitrogens with two attached hydrogens (primary N) is 1. The Bertz CT molecular complexity index is 597. The normalized spacial score (nSPS) is 12.1. The lowest BCUT2D eigenvalue weighted by atomic mass is 10.1. The Labute approximate surface area is 104 Å². The fourth-order valence-corrected chi connectivity index (χ4v) is 1.81. The molecule has 5 heteroatoms. The summed E-state index contributed by atoms with van der Waals surface area (Å²) >= 11 is 0. The second-order valence-corrected chi connectivity index (χ2v) is 3.95. The Balaban J connectivity index is 2.60. The highest BCUT2D eigenvalue weighted by atomic mass is 19.1. The molecular weight excluding hydrogens is 231 g/mol. The van der Waals surface area contributed by atoms with E-state index in [9.17, 15) is 4.39 Å². The first-order chi connectivity index (χ1) is 8.69. The van der Waals surface area contributed by atoms with E-state index in [1.165, 1.54) is 6.07 Å². The number of halogens is 1. The smallest absolute Gasteiger partial charge is 0.143 e. The zero-order valence-corrected chi connectivity index (χ0v) is 9.97. The first-order valence-corrected chi connectivity index (χ1v) is 5.65. The average molecular weight is 244 g/mol. The van der Waals surface area contributed by atoms with Crippen LogP contribution in [-0.4, -0.2) is 9.55 Å². The molecule has 1 aromatic carbocycles. The molecule has 1 aromatic heterocycles. The van der Waals surface area contributed by atoms with Crippen LogP contribution in [0.3, 0.4) is 0 Å². The van der Waals surface area contributed by atoms with E-state index >= 15 is 0 Å². The number of hydrogen-bond donors (Lipinski definition) is 1. The van der Waals surface area contributed by atoms with Gasteiger partial charge in [-0.2, -0.15) is 5.26 Å². The molecule has 2 N–H and O–H groups in total. The van der Waals surface area contributed by atoms with Gasteiger partial charge in [0.25, 0.3) is 0 Å². The lowest BCUT2D eigenvalue weighted by Gasteiger charge is -2.14. The molecule has 0 aliphatic rings. The van der Waals surface area contributed by atoms with Crippen molar-refractivity contribution in [3.05, 3.63) is 47.8 Å². The molecule has 2 aromatic rings. The number of aromatic nitrogens is 2. The molecule has 0 spiro atoms. The molecule has 0 aliphatic heterocycles. The Morgan fingerprint density at radius 1 is 1.56 bits per heavy atom. The number of hydrogen-bond acceptors (Lipinski definition) is 3. The minimum absolute atomic E-state index is 0.0000491. The van der Waals surface area contributed by atoms with Crippen LogP contribution in [-0.2, 0) is 0 Å². The van der Waals surface area contributed by atoms with Gasteiger partial charge in [0.15, 0.2) is 0 Å². The largest absolute Gasteiger partial charge is 0.323 e. The van der Waals surface area contributed by atoms with Gasteiger partial charge in [0.1, 0.15) is 17.4 Å². The maximum Gasteiger partial charge on any atom is 0.143 e. The predicted molar refractivity (Wildman–Crippen MR) is 65.5 cm³/mol. The number of nitrogens with zero attached hydrogens (tertiary/aromatic N) is 3. The Kier molecular flexibility index (Phi) is 3.40. The third-order valence-corrected chi connectivity index (χ3v) is 2.85. The van der Waals surface area contributed by atoms with Gasteiger partial charge in [-0.05, 0) is 18.6 Å². The van der Waals surface area contributed by atoms with Crippen LogP contribution in [0.25, 0.3) is 5.69 Å². The summed E-state index contributed by atoms with van der Waals surface area (Å²) in [5, 5.41) is 9.03. The van der Waals surface area contributed by atoms with Crippen molar-refractivity contribution in [1.82, 2.24) is 9.55 Å². The molecule has 0 saturated heterocycles. The number of rotatable bonds is 3. The molecule has 18 heavy (non-hydrogen) atoms. The Morgan fingerprint density at radius 2 is 2.33 bits per heavy atom. The van der Waals surface area contributed by atoms with Crippen LogP contribution in [0.5, 0.6) is 0 Å². The first kappa shape index (κ1) is 12.3. The Hall–Kier alpha value is -2.19. The molecule has 1 atom stereocenters. The average Bonchev–Trinajstić information content (AvgIpc) is 2.86. The van der Waals surface area contributed by atoms with E-state index < -0.39 is 5.82 Å². The zero-order chi connectivity index (χ0) is 13.1. The molecule has 0 radical (unpaired) electrons. The van der Waals surface area contributed by atoms with Gasteiger partial charge in [-0.25, -0.2) is 9.37 Å². The second kappa shape index (κ2) is 4.98. The lowest BCUT2D eigenvalue weighted by molar-refractivity contribution is 0.619. The van der Waals surface area contributed by atoms with E-state index in [4.69, 9.17) is 11.0 Å². The summed E-state index contributed by atoms with van der Waals surface area (Å²) in [5.41, 5.74) is 7.20. The minimum Gasteiger partial charge on any atom is -0.323 e. The van der Waals surface area contributed by atoms with E-state index in [1.54, 1.807) is 29.2 Å². The van der Waals surface area contributed by atoms with Crippen molar-refractivity contribution >= 4 is 0 Å². The number of benzene rings is 1. The maximum atomic E-state index is 13.6. The van der Waals surface area contributed by atoms with Crippen LogP contribution in [0.4, 0.5) is 4.39 Å². The molecule has 0 amide bonds. The summed E-state index contributed by atoms with van der Waals surface area (Å²) in [6.45, 7) is 1.96. The van der Waals surface area contributed by atoms with E-state index in [-0.39, 0.29) is 11.6 Å². The quantitative estimate of drug-likeness (QED) is 0.900. The highest BCUT2D eigenvalue weighted by Crippen LogP contribution is 2.22. The standard InChI is InChI=1S/C13H13FN4/c1-2-11(16)13-7-17-8-18(13)12-5-3-4-10(14)9(12)6-15/h3-5,7-8,11H,2,16H2,1H3/t11-/m1/s1. The Morgan fingerprint density at radius 3 is 3.00 bits per heavy atom. The van der Waals surface area contributed by atoms with Crippen LogP contribution >= 0.6 is 0 Å². The summed E-state index contributed by atoms with van der Waals surface area (Å²) in [5.74, 6) is -0.542. The van der Waals surface area contributed by atoms with E-state index in [0.717, 1.165) is 12.1 Å². The molecule has 4 nitrogen and oxygen atoms in total. The zero-order valence-electron chi connectivity index (χ0n) is 9.97. The summed E-state index contributed by atoms with van der Waals surface area (Å²) in [6, 6.07) is 6.18. The van der Waals surface area contributed by atoms with Crippen molar-refractivity contribution in [3.8, 4) is 11.8 Å². The van der Waals surface area contributed by atoms with Gasteiger partial charge in [0.2, 0.25) is 0 Å². The minimum atomic E-state index is -0.542. The molecule has 0 bridgehead atoms. The predicted octanol–water partition coefficient (Wildman–Crippen LogP) is 2.29. The van der Waals surface area contributed by atoms with E-state index in [2.05, 4.69) is 4.98 Å². The molecule has 0 aliphatic carbocycles. The maximum absolute atomic E-state index is 13.6. The van der Waals surface area contributed by atoms with Crippen molar-refractivity contribution in [2.75, 3.05) is 0 Å². The van der Waals surface area contributed by atoms with Crippen molar-refractivity contribution in [2.24, 2.45) is 5.73 Å². The molecule has 92 valence electrons. The topological polar surface area (TPSA) is 67.6 Å². The molecule has 0 unspecified atom stereocenters. The second-order valence-electron chi connectivity index (χ2n) is 3.95. The summed E-state index contributed by atoms with van der Waals surface area (Å²) in [4.78, 5) is 4.02. The highest BCUT2D eigenvalue weighted by molar-refractivity contribution is 5.50. The monoisotopic (exact) mass is 244 g/mol. The molecule has 2 rings (SSSR count). The lowest BCUT2D eigenvalue weighted by Crippen LogP contribution is -2.14. The molecule has 1 heterocycles. The third-order valence-electron chi connectivity index (χ3n) is 2.85. The fourth-order valence-electron chi connectivity index (χ4n) is 1.81. The van der Waals surface area contributed by atoms with Gasteiger partial charge in [0.05, 0.1) is 23.9 Å². The SMILES string of the molecule is CC[C@@H](N)c1cncn1-c1cccc(F)c1C#N. The molecular formula is C13H13FN4. The number of imidazole rings is 1. The van der Waals surface area contributed by atoms with E-state index in [0.29, 0.717) is 5.69 Å². The summed E-state index contributed by atoms with van der Waals surface area (Å²) in [6.07, 6.45) is 3.92. The summed E-state index contributed by atoms with van der Waals surface area (Å²) in [7, 11) is 0. The van der Waals surface area contributed by atoms with Gasteiger partial charge in [-0.1, -0.05) is 13.0 Å². The summed E-state index contributed by atoms with van der Waals surface area (Å²) < 4.78 is 15.2. The van der Waals surface area contributed by atoms with Crippen molar-refractivity contribution in [1.29, 1.82) is 5.26 Å². The fraction of sp³-hybridized carbons (Fsp3) is 0.231. The number of nitriles is 1. The van der Waals surface area contributed by atoms with Crippen molar-refractivity contribution < 1.29 is 4.39 Å². The van der Waals surface area contributed by atoms with Gasteiger partial charge in [0, 0.05) is 6.04 Å².